The lowest BCUT2D eigenvalue weighted by Gasteiger charge is -2.17. The molecule has 2 aliphatic heterocycles. The van der Waals surface area contributed by atoms with Crippen LogP contribution >= 0.6 is 0 Å². The molecule has 0 atom stereocenters. The second-order valence-corrected chi connectivity index (χ2v) is 6.02. The molecule has 0 saturated heterocycles. The number of carbonyl (C=O) groups excluding carboxylic acids is 1. The molecule has 0 spiro atoms. The predicted octanol–water partition coefficient (Wildman–Crippen LogP) is 2.77. The Morgan fingerprint density at radius 2 is 1.88 bits per heavy atom. The van der Waals surface area contributed by atoms with Crippen LogP contribution in [-0.2, 0) is 0 Å². The number of fused-ring (bicyclic) bond motifs is 2. The first kappa shape index (κ1) is 16.0. The van der Waals surface area contributed by atoms with Gasteiger partial charge < -0.3 is 20.5 Å². The number of anilines is 1. The molecule has 2 aromatic carbocycles. The number of nitrogens with zero attached hydrogens (tertiary/aromatic N) is 2. The van der Waals surface area contributed by atoms with Crippen LogP contribution in [0.25, 0.3) is 6.08 Å². The summed E-state index contributed by atoms with van der Waals surface area (Å²) in [5, 5.41) is 8.59. The molecular weight excluding hydrogens is 332 g/mol. The number of amides is 2. The first-order valence-electron chi connectivity index (χ1n) is 8.15. The van der Waals surface area contributed by atoms with E-state index in [1.165, 1.54) is 5.01 Å². The summed E-state index contributed by atoms with van der Waals surface area (Å²) in [6.07, 6.45) is 1.90. The van der Waals surface area contributed by atoms with Crippen LogP contribution < -0.4 is 20.5 Å². The van der Waals surface area contributed by atoms with E-state index in [1.54, 1.807) is 19.2 Å². The predicted molar refractivity (Wildman–Crippen MR) is 99.0 cm³/mol. The molecule has 2 aliphatic rings. The minimum absolute atomic E-state index is 0.194. The van der Waals surface area contributed by atoms with Crippen molar-refractivity contribution in [2.75, 3.05) is 19.6 Å². The second kappa shape index (κ2) is 6.11. The Morgan fingerprint density at radius 3 is 2.58 bits per heavy atom. The van der Waals surface area contributed by atoms with Crippen LogP contribution in [0.1, 0.15) is 23.6 Å². The van der Waals surface area contributed by atoms with Gasteiger partial charge in [0.25, 0.3) is 0 Å². The number of benzene rings is 2. The van der Waals surface area contributed by atoms with Crippen molar-refractivity contribution >= 4 is 23.5 Å². The van der Waals surface area contributed by atoms with Gasteiger partial charge in [0.05, 0.1) is 5.71 Å². The lowest BCUT2D eigenvalue weighted by molar-refractivity contribution is 0.174. The monoisotopic (exact) mass is 350 g/mol. The number of hydrogen-bond acceptors (Lipinski definition) is 5. The lowest BCUT2D eigenvalue weighted by Crippen LogP contribution is -2.33. The van der Waals surface area contributed by atoms with Gasteiger partial charge in [0.15, 0.2) is 11.5 Å². The highest BCUT2D eigenvalue weighted by atomic mass is 16.7. The van der Waals surface area contributed by atoms with Crippen LogP contribution in [0.3, 0.4) is 0 Å². The number of rotatable bonds is 1. The van der Waals surface area contributed by atoms with E-state index < -0.39 is 0 Å². The van der Waals surface area contributed by atoms with E-state index >= 15 is 0 Å². The molecule has 0 saturated carbocycles. The third-order valence-corrected chi connectivity index (χ3v) is 4.29. The first-order chi connectivity index (χ1) is 12.6. The molecule has 7 nitrogen and oxygen atoms in total. The van der Waals surface area contributed by atoms with Crippen molar-refractivity contribution in [2.45, 2.75) is 6.92 Å². The molecule has 0 aliphatic carbocycles. The maximum atomic E-state index is 12.3. The van der Waals surface area contributed by atoms with Gasteiger partial charge in [-0.3, -0.25) is 0 Å². The van der Waals surface area contributed by atoms with Crippen LogP contribution in [0.5, 0.6) is 11.5 Å². The van der Waals surface area contributed by atoms with Gasteiger partial charge in [-0.05, 0) is 42.8 Å². The zero-order valence-corrected chi connectivity index (χ0v) is 14.4. The van der Waals surface area contributed by atoms with Gasteiger partial charge in [-0.15, -0.1) is 0 Å². The van der Waals surface area contributed by atoms with Crippen molar-refractivity contribution in [3.63, 3.8) is 0 Å². The molecule has 132 valence electrons. The Labute approximate surface area is 150 Å². The molecule has 7 heteroatoms. The van der Waals surface area contributed by atoms with Gasteiger partial charge in [-0.2, -0.15) is 10.1 Å². The molecule has 0 bridgehead atoms. The number of hydrazone groups is 1. The Balaban J connectivity index is 1.94. The van der Waals surface area contributed by atoms with Crippen molar-refractivity contribution < 1.29 is 14.3 Å². The highest BCUT2D eigenvalue weighted by molar-refractivity contribution is 6.16. The number of carbonyl (C=O) groups is 1. The first-order valence-corrected chi connectivity index (χ1v) is 8.15. The molecule has 2 heterocycles. The van der Waals surface area contributed by atoms with E-state index in [0.717, 1.165) is 16.7 Å². The normalized spacial score (nSPS) is 14.9. The van der Waals surface area contributed by atoms with Gasteiger partial charge in [0.1, 0.15) is 0 Å². The van der Waals surface area contributed by atoms with E-state index in [-0.39, 0.29) is 12.8 Å². The summed E-state index contributed by atoms with van der Waals surface area (Å²) >= 11 is 0. The third-order valence-electron chi connectivity index (χ3n) is 4.29. The fraction of sp³-hybridized carbons (Fsp3) is 0.158. The summed E-state index contributed by atoms with van der Waals surface area (Å²) < 4.78 is 11.0. The average molecular weight is 350 g/mol. The zero-order chi connectivity index (χ0) is 18.3. The van der Waals surface area contributed by atoms with Gasteiger partial charge in [0, 0.05) is 29.6 Å². The van der Waals surface area contributed by atoms with Crippen LogP contribution in [0, 0.1) is 0 Å². The summed E-state index contributed by atoms with van der Waals surface area (Å²) in [5.74, 6) is 1.34. The number of nitrogen functional groups attached to an aromatic ring is 1. The molecule has 26 heavy (non-hydrogen) atoms. The third kappa shape index (κ3) is 2.63. The molecule has 4 rings (SSSR count). The SMILES string of the molecule is CNC(=O)N1N=C(c2ccc(N)cc2)c2cc3c(cc2C=C1C)OCO3. The van der Waals surface area contributed by atoms with Crippen LogP contribution in [0.2, 0.25) is 0 Å². The number of nitrogens with one attached hydrogen (secondary N) is 1. The molecule has 0 aromatic heterocycles. The van der Waals surface area contributed by atoms with Crippen molar-refractivity contribution in [3.05, 3.63) is 58.8 Å². The van der Waals surface area contributed by atoms with Gasteiger partial charge >= 0.3 is 6.03 Å². The number of nitrogens with two attached hydrogens (primary N) is 1. The quantitative estimate of drug-likeness (QED) is 0.774. The molecule has 0 unspecified atom stereocenters. The van der Waals surface area contributed by atoms with E-state index in [0.29, 0.717) is 28.6 Å². The maximum Gasteiger partial charge on any atom is 0.342 e. The van der Waals surface area contributed by atoms with Gasteiger partial charge in [0.2, 0.25) is 6.79 Å². The van der Waals surface area contributed by atoms with Crippen LogP contribution in [0.4, 0.5) is 10.5 Å². The number of allylic oxidation sites excluding steroid dienone is 1. The fourth-order valence-corrected chi connectivity index (χ4v) is 2.97. The van der Waals surface area contributed by atoms with E-state index in [4.69, 9.17) is 15.2 Å². The molecule has 2 aromatic rings. The van der Waals surface area contributed by atoms with Crippen molar-refractivity contribution in [1.29, 1.82) is 0 Å². The van der Waals surface area contributed by atoms with E-state index in [9.17, 15) is 4.79 Å². The van der Waals surface area contributed by atoms with Gasteiger partial charge in [-0.1, -0.05) is 12.1 Å². The minimum Gasteiger partial charge on any atom is -0.454 e. The van der Waals surface area contributed by atoms with Crippen molar-refractivity contribution in [3.8, 4) is 11.5 Å². The van der Waals surface area contributed by atoms with E-state index in [1.807, 2.05) is 37.3 Å². The topological polar surface area (TPSA) is 89.2 Å². The molecule has 3 N–H and O–H groups in total. The lowest BCUT2D eigenvalue weighted by atomic mass is 9.96. The number of hydrogen-bond donors (Lipinski definition) is 2. The standard InChI is InChI=1S/C19H18N4O3/c1-11-7-13-8-16-17(26-10-25-16)9-15(13)18(22-23(11)19(24)21-2)12-3-5-14(20)6-4-12/h3-9H,10,20H2,1-2H3,(H,21,24). The Hall–Kier alpha value is -3.48. The number of ether oxygens (including phenoxy) is 2. The maximum absolute atomic E-state index is 12.3. The highest BCUT2D eigenvalue weighted by Gasteiger charge is 2.25. The molecular formula is C19H18N4O3. The zero-order valence-electron chi connectivity index (χ0n) is 14.4. The van der Waals surface area contributed by atoms with Crippen LogP contribution in [0.15, 0.2) is 47.2 Å². The largest absolute Gasteiger partial charge is 0.454 e. The Bertz CT molecular complexity index is 948. The Morgan fingerprint density at radius 1 is 1.19 bits per heavy atom. The summed E-state index contributed by atoms with van der Waals surface area (Å²) in [6.45, 7) is 2.03. The Kier molecular flexibility index (Phi) is 3.76. The summed E-state index contributed by atoms with van der Waals surface area (Å²) in [5.41, 5.74) is 10.4. The van der Waals surface area contributed by atoms with Crippen LogP contribution in [-0.4, -0.2) is 30.6 Å². The molecule has 2 amide bonds. The summed E-state index contributed by atoms with van der Waals surface area (Å²) in [6, 6.07) is 10.8. The van der Waals surface area contributed by atoms with Crippen molar-refractivity contribution in [2.24, 2.45) is 5.10 Å². The summed E-state index contributed by atoms with van der Waals surface area (Å²) in [7, 11) is 1.57. The van der Waals surface area contributed by atoms with Crippen molar-refractivity contribution in [1.82, 2.24) is 10.3 Å². The molecule has 0 fully saturated rings. The highest BCUT2D eigenvalue weighted by Crippen LogP contribution is 2.37. The smallest absolute Gasteiger partial charge is 0.342 e. The average Bonchev–Trinajstić information content (AvgIpc) is 3.04. The van der Waals surface area contributed by atoms with Gasteiger partial charge in [-0.25, -0.2) is 4.79 Å². The fourth-order valence-electron chi connectivity index (χ4n) is 2.97. The minimum atomic E-state index is -0.320. The van der Waals surface area contributed by atoms with E-state index in [2.05, 4.69) is 10.4 Å². The summed E-state index contributed by atoms with van der Waals surface area (Å²) in [4.78, 5) is 12.3. The molecule has 0 radical (unpaired) electrons. The number of urea groups is 1. The second-order valence-electron chi connectivity index (χ2n) is 6.02.